The fourth-order valence-corrected chi connectivity index (χ4v) is 1.87. The molecule has 0 bridgehead atoms. The summed E-state index contributed by atoms with van der Waals surface area (Å²) in [5, 5.41) is 9.82. The molecule has 0 radical (unpaired) electrons. The van der Waals surface area contributed by atoms with Gasteiger partial charge in [-0.05, 0) is 12.1 Å². The second-order valence-corrected chi connectivity index (χ2v) is 3.72. The summed E-state index contributed by atoms with van der Waals surface area (Å²) in [7, 11) is 3.41. The third-order valence-corrected chi connectivity index (χ3v) is 2.30. The van der Waals surface area contributed by atoms with Crippen LogP contribution in [0.15, 0.2) is 17.1 Å². The molecule has 0 aliphatic carbocycles. The molecule has 0 saturated heterocycles. The predicted octanol–water partition coefficient (Wildman–Crippen LogP) is 2.96. The van der Waals surface area contributed by atoms with E-state index in [1.165, 1.54) is 0 Å². The molecule has 0 aliphatic rings. The van der Waals surface area contributed by atoms with Crippen LogP contribution in [0.1, 0.15) is 5.56 Å². The van der Waals surface area contributed by atoms with Gasteiger partial charge in [0, 0.05) is 19.1 Å². The number of benzene rings is 1. The van der Waals surface area contributed by atoms with Crippen molar-refractivity contribution in [2.45, 2.75) is 0 Å². The van der Waals surface area contributed by atoms with Crippen LogP contribution in [0.2, 0.25) is 10.0 Å². The molecule has 0 saturated carbocycles. The Bertz CT molecular complexity index is 435. The minimum Gasteiger partial charge on any atom is -0.334 e. The average molecular weight is 242 g/mol. The fraction of sp³-hybridized carbons (Fsp3) is 0.200. The molecule has 78 valence electrons. The number of nitrogens with zero attached hydrogens (tertiary/aromatic N) is 3. The van der Waals surface area contributed by atoms with Crippen molar-refractivity contribution < 1.29 is 0 Å². The van der Waals surface area contributed by atoms with Gasteiger partial charge in [0.1, 0.15) is 6.07 Å². The monoisotopic (exact) mass is 241 g/mol. The first-order chi connectivity index (χ1) is 7.10. The van der Waals surface area contributed by atoms with Crippen LogP contribution in [0.4, 0.5) is 5.69 Å². The number of rotatable bonds is 2. The number of aliphatic imine (C=N–C) groups is 1. The molecule has 0 N–H and O–H groups in total. The summed E-state index contributed by atoms with van der Waals surface area (Å²) in [5.41, 5.74) is 1.03. The Hall–Kier alpha value is -1.24. The maximum Gasteiger partial charge on any atom is 0.101 e. The van der Waals surface area contributed by atoms with E-state index in [-0.39, 0.29) is 0 Å². The Morgan fingerprint density at radius 3 is 2.67 bits per heavy atom. The van der Waals surface area contributed by atoms with Crippen LogP contribution in [0.3, 0.4) is 0 Å². The quantitative estimate of drug-likeness (QED) is 0.590. The molecule has 5 heteroatoms. The fourth-order valence-electron chi connectivity index (χ4n) is 1.24. The lowest BCUT2D eigenvalue weighted by Crippen LogP contribution is -2.16. The largest absolute Gasteiger partial charge is 0.334 e. The molecule has 0 heterocycles. The summed E-state index contributed by atoms with van der Waals surface area (Å²) in [4.78, 5) is 5.53. The van der Waals surface area contributed by atoms with Crippen molar-refractivity contribution in [1.82, 2.24) is 0 Å². The minimum absolute atomic E-state index is 0.426. The van der Waals surface area contributed by atoms with Gasteiger partial charge >= 0.3 is 0 Å². The van der Waals surface area contributed by atoms with Crippen molar-refractivity contribution in [2.75, 3.05) is 19.0 Å². The highest BCUT2D eigenvalue weighted by Gasteiger charge is 2.11. The van der Waals surface area contributed by atoms with Crippen LogP contribution >= 0.6 is 23.2 Å². The smallest absolute Gasteiger partial charge is 0.101 e. The molecule has 1 aromatic rings. The summed E-state index contributed by atoms with van der Waals surface area (Å²) in [5.74, 6) is 0. The summed E-state index contributed by atoms with van der Waals surface area (Å²) in [6.45, 7) is 0. The molecule has 0 fully saturated rings. The highest BCUT2D eigenvalue weighted by atomic mass is 35.5. The first-order valence-electron chi connectivity index (χ1n) is 4.14. The molecule has 0 aromatic heterocycles. The van der Waals surface area contributed by atoms with Gasteiger partial charge in [-0.3, -0.25) is 4.99 Å². The molecule has 1 aromatic carbocycles. The summed E-state index contributed by atoms with van der Waals surface area (Å²) >= 11 is 11.8. The number of anilines is 1. The van der Waals surface area contributed by atoms with Crippen molar-refractivity contribution in [3.63, 3.8) is 0 Å². The Labute approximate surface area is 98.5 Å². The van der Waals surface area contributed by atoms with Gasteiger partial charge in [0.25, 0.3) is 0 Å². The lowest BCUT2D eigenvalue weighted by molar-refractivity contribution is 1.26. The van der Waals surface area contributed by atoms with Crippen molar-refractivity contribution in [3.8, 4) is 6.07 Å². The van der Waals surface area contributed by atoms with Gasteiger partial charge in [0.2, 0.25) is 0 Å². The van der Waals surface area contributed by atoms with E-state index in [1.807, 2.05) is 6.07 Å². The maximum absolute atomic E-state index is 8.95. The maximum atomic E-state index is 8.95. The number of hydrogen-bond donors (Lipinski definition) is 0. The van der Waals surface area contributed by atoms with Gasteiger partial charge in [-0.25, -0.2) is 0 Å². The Balaban J connectivity index is 3.34. The van der Waals surface area contributed by atoms with Gasteiger partial charge in [0.05, 0.1) is 22.6 Å². The van der Waals surface area contributed by atoms with E-state index in [2.05, 4.69) is 4.99 Å². The standard InChI is InChI=1S/C10H9Cl2N3/c1-14-6-15(2)10-7(5-13)3-8(11)4-9(10)12/h3-4,6H,1-2H3. The molecule has 0 spiro atoms. The molecular formula is C10H9Cl2N3. The van der Waals surface area contributed by atoms with Crippen LogP contribution in [0.25, 0.3) is 0 Å². The van der Waals surface area contributed by atoms with E-state index in [0.29, 0.717) is 21.3 Å². The van der Waals surface area contributed by atoms with Crippen molar-refractivity contribution in [2.24, 2.45) is 4.99 Å². The van der Waals surface area contributed by atoms with E-state index in [0.717, 1.165) is 0 Å². The normalized spacial score (nSPS) is 10.3. The number of nitriles is 1. The summed E-state index contributed by atoms with van der Waals surface area (Å²) in [6.07, 6.45) is 1.58. The first-order valence-corrected chi connectivity index (χ1v) is 4.90. The van der Waals surface area contributed by atoms with E-state index in [4.69, 9.17) is 28.5 Å². The van der Waals surface area contributed by atoms with E-state index in [1.54, 1.807) is 37.5 Å². The van der Waals surface area contributed by atoms with Gasteiger partial charge in [0.15, 0.2) is 0 Å². The number of hydrogen-bond acceptors (Lipinski definition) is 2. The number of halogens is 2. The van der Waals surface area contributed by atoms with E-state index in [9.17, 15) is 0 Å². The summed E-state index contributed by atoms with van der Waals surface area (Å²) < 4.78 is 0. The molecule has 0 unspecified atom stereocenters. The van der Waals surface area contributed by atoms with E-state index >= 15 is 0 Å². The van der Waals surface area contributed by atoms with Gasteiger partial charge in [-0.15, -0.1) is 0 Å². The predicted molar refractivity (Wildman–Crippen MR) is 64.0 cm³/mol. The van der Waals surface area contributed by atoms with Gasteiger partial charge in [-0.2, -0.15) is 5.26 Å². The second-order valence-electron chi connectivity index (χ2n) is 2.88. The van der Waals surface area contributed by atoms with Crippen LogP contribution in [-0.4, -0.2) is 20.4 Å². The van der Waals surface area contributed by atoms with E-state index < -0.39 is 0 Å². The Kier molecular flexibility index (Phi) is 3.96. The zero-order valence-corrected chi connectivity index (χ0v) is 9.84. The Morgan fingerprint density at radius 1 is 1.47 bits per heavy atom. The lowest BCUT2D eigenvalue weighted by Gasteiger charge is -2.16. The third-order valence-electron chi connectivity index (χ3n) is 1.79. The van der Waals surface area contributed by atoms with Crippen molar-refractivity contribution >= 4 is 35.2 Å². The SMILES string of the molecule is CN=CN(C)c1c(Cl)cc(Cl)cc1C#N. The third kappa shape index (κ3) is 2.62. The lowest BCUT2D eigenvalue weighted by atomic mass is 10.2. The summed E-state index contributed by atoms with van der Waals surface area (Å²) in [6, 6.07) is 5.21. The molecule has 0 amide bonds. The minimum atomic E-state index is 0.426. The highest BCUT2D eigenvalue weighted by Crippen LogP contribution is 2.31. The van der Waals surface area contributed by atoms with Crippen LogP contribution in [-0.2, 0) is 0 Å². The van der Waals surface area contributed by atoms with Gasteiger partial charge in [-0.1, -0.05) is 23.2 Å². The van der Waals surface area contributed by atoms with Crippen molar-refractivity contribution in [3.05, 3.63) is 27.7 Å². The zero-order chi connectivity index (χ0) is 11.4. The van der Waals surface area contributed by atoms with Crippen molar-refractivity contribution in [1.29, 1.82) is 5.26 Å². The second kappa shape index (κ2) is 5.01. The molecule has 1 rings (SSSR count). The molecule has 15 heavy (non-hydrogen) atoms. The average Bonchev–Trinajstić information content (AvgIpc) is 2.16. The van der Waals surface area contributed by atoms with Crippen LogP contribution in [0.5, 0.6) is 0 Å². The zero-order valence-electron chi connectivity index (χ0n) is 8.33. The highest BCUT2D eigenvalue weighted by molar-refractivity contribution is 6.37. The Morgan fingerprint density at radius 2 is 2.13 bits per heavy atom. The topological polar surface area (TPSA) is 39.4 Å². The van der Waals surface area contributed by atoms with Gasteiger partial charge < -0.3 is 4.90 Å². The molecular weight excluding hydrogens is 233 g/mol. The molecule has 0 atom stereocenters. The van der Waals surface area contributed by atoms with Crippen LogP contribution < -0.4 is 4.90 Å². The first kappa shape index (κ1) is 11.8. The molecule has 0 aliphatic heterocycles. The molecule has 3 nitrogen and oxygen atoms in total. The van der Waals surface area contributed by atoms with Crippen LogP contribution in [0, 0.1) is 11.3 Å².